The van der Waals surface area contributed by atoms with Crippen molar-refractivity contribution in [3.63, 3.8) is 0 Å². The van der Waals surface area contributed by atoms with E-state index in [2.05, 4.69) is 14.9 Å². The molecule has 1 aromatic carbocycles. The number of carbonyl (C=O) groups is 2. The molecular formula is C18H24N4O2. The largest absolute Gasteiger partial charge is 0.345 e. The van der Waals surface area contributed by atoms with Crippen molar-refractivity contribution in [1.82, 2.24) is 14.5 Å². The second-order valence-electron chi connectivity index (χ2n) is 5.89. The molecule has 2 aromatic rings. The summed E-state index contributed by atoms with van der Waals surface area (Å²) in [4.78, 5) is 29.2. The average molecular weight is 328 g/mol. The number of hydrogen-bond acceptors (Lipinski definition) is 3. The third kappa shape index (κ3) is 5.22. The van der Waals surface area contributed by atoms with E-state index >= 15 is 0 Å². The van der Waals surface area contributed by atoms with Crippen LogP contribution in [0.4, 0.5) is 5.69 Å². The summed E-state index contributed by atoms with van der Waals surface area (Å²) in [6.45, 7) is 5.01. The lowest BCUT2D eigenvalue weighted by atomic mass is 10.1. The summed E-state index contributed by atoms with van der Waals surface area (Å²) < 4.78 is 2.08. The minimum atomic E-state index is -0.105. The van der Waals surface area contributed by atoms with Crippen molar-refractivity contribution < 1.29 is 9.59 Å². The Balaban J connectivity index is 1.78. The summed E-state index contributed by atoms with van der Waals surface area (Å²) in [5.74, 6) is 0.972. The van der Waals surface area contributed by atoms with E-state index in [1.165, 1.54) is 6.92 Å². The molecule has 6 nitrogen and oxygen atoms in total. The number of imidazole rings is 1. The van der Waals surface area contributed by atoms with Crippen LogP contribution in [0.15, 0.2) is 36.7 Å². The maximum atomic E-state index is 12.3. The van der Waals surface area contributed by atoms with Crippen LogP contribution >= 0.6 is 0 Å². The number of likely N-dealkylation sites (N-methyl/N-ethyl adjacent to an activating group) is 1. The molecule has 0 spiro atoms. The number of aromatic nitrogens is 2. The van der Waals surface area contributed by atoms with Gasteiger partial charge in [0, 0.05) is 45.1 Å². The summed E-state index contributed by atoms with van der Waals surface area (Å²) in [6.07, 6.45) is 4.99. The quantitative estimate of drug-likeness (QED) is 0.847. The van der Waals surface area contributed by atoms with Crippen LogP contribution in [-0.4, -0.2) is 39.9 Å². The first-order chi connectivity index (χ1) is 11.5. The highest BCUT2D eigenvalue weighted by Crippen LogP contribution is 2.11. The molecule has 1 aromatic heterocycles. The summed E-state index contributed by atoms with van der Waals surface area (Å²) in [6, 6.07) is 7.36. The molecule has 2 rings (SSSR count). The number of nitrogens with one attached hydrogen (secondary N) is 1. The van der Waals surface area contributed by atoms with E-state index in [0.29, 0.717) is 13.0 Å². The van der Waals surface area contributed by atoms with Crippen LogP contribution in [0.1, 0.15) is 24.7 Å². The zero-order valence-corrected chi connectivity index (χ0v) is 14.5. The molecule has 0 fully saturated rings. The normalized spacial score (nSPS) is 10.5. The van der Waals surface area contributed by atoms with Gasteiger partial charge in [-0.1, -0.05) is 12.1 Å². The van der Waals surface area contributed by atoms with E-state index in [0.717, 1.165) is 30.0 Å². The van der Waals surface area contributed by atoms with Crippen LogP contribution in [0, 0.1) is 6.92 Å². The maximum absolute atomic E-state index is 12.3. The number of rotatable bonds is 7. The van der Waals surface area contributed by atoms with Crippen LogP contribution in [-0.2, 0) is 22.6 Å². The molecule has 2 amide bonds. The highest BCUT2D eigenvalue weighted by Gasteiger charge is 2.10. The molecular weight excluding hydrogens is 304 g/mol. The molecule has 1 heterocycles. The van der Waals surface area contributed by atoms with Gasteiger partial charge in [0.05, 0.1) is 6.42 Å². The van der Waals surface area contributed by atoms with Crippen LogP contribution in [0.25, 0.3) is 0 Å². The van der Waals surface area contributed by atoms with Gasteiger partial charge >= 0.3 is 0 Å². The number of anilines is 1. The Labute approximate surface area is 142 Å². The summed E-state index contributed by atoms with van der Waals surface area (Å²) in [7, 11) is 1.83. The maximum Gasteiger partial charge on any atom is 0.226 e. The first-order valence-electron chi connectivity index (χ1n) is 8.04. The van der Waals surface area contributed by atoms with Gasteiger partial charge in [-0.3, -0.25) is 9.59 Å². The van der Waals surface area contributed by atoms with Crippen molar-refractivity contribution in [2.75, 3.05) is 18.9 Å². The third-order valence-electron chi connectivity index (χ3n) is 3.87. The topological polar surface area (TPSA) is 67.2 Å². The van der Waals surface area contributed by atoms with Crippen molar-refractivity contribution in [1.29, 1.82) is 0 Å². The lowest BCUT2D eigenvalue weighted by molar-refractivity contribution is -0.129. The molecule has 24 heavy (non-hydrogen) atoms. The first kappa shape index (κ1) is 17.7. The highest BCUT2D eigenvalue weighted by atomic mass is 16.2. The summed E-state index contributed by atoms with van der Waals surface area (Å²) in [5, 5.41) is 2.71. The molecule has 0 unspecified atom stereocenters. The minimum Gasteiger partial charge on any atom is -0.345 e. The van der Waals surface area contributed by atoms with E-state index in [9.17, 15) is 9.59 Å². The van der Waals surface area contributed by atoms with Crippen molar-refractivity contribution in [2.45, 2.75) is 33.2 Å². The van der Waals surface area contributed by atoms with E-state index in [1.54, 1.807) is 11.1 Å². The zero-order chi connectivity index (χ0) is 17.5. The minimum absolute atomic E-state index is 0.0876. The predicted molar refractivity (Wildman–Crippen MR) is 93.7 cm³/mol. The Morgan fingerprint density at radius 3 is 2.54 bits per heavy atom. The van der Waals surface area contributed by atoms with Crippen molar-refractivity contribution in [2.24, 2.45) is 0 Å². The molecule has 0 aliphatic carbocycles. The Morgan fingerprint density at radius 1 is 1.25 bits per heavy atom. The third-order valence-corrected chi connectivity index (χ3v) is 3.87. The number of benzene rings is 1. The monoisotopic (exact) mass is 328 g/mol. The molecule has 0 aliphatic heterocycles. The molecule has 0 bridgehead atoms. The average Bonchev–Trinajstić information content (AvgIpc) is 2.94. The number of aryl methyl sites for hydroxylation is 2. The van der Waals surface area contributed by atoms with Gasteiger partial charge in [0.15, 0.2) is 0 Å². The number of amides is 2. The molecule has 0 atom stereocenters. The predicted octanol–water partition coefficient (Wildman–Crippen LogP) is 2.24. The second kappa shape index (κ2) is 8.29. The molecule has 0 radical (unpaired) electrons. The Hall–Kier alpha value is -2.63. The Morgan fingerprint density at radius 2 is 1.96 bits per heavy atom. The number of carbonyl (C=O) groups excluding carboxylic acids is 2. The summed E-state index contributed by atoms with van der Waals surface area (Å²) in [5.41, 5.74) is 1.68. The number of nitrogens with zero attached hydrogens (tertiary/aromatic N) is 3. The van der Waals surface area contributed by atoms with E-state index in [1.807, 2.05) is 44.4 Å². The molecule has 6 heteroatoms. The molecule has 1 N–H and O–H groups in total. The standard InChI is InChI=1S/C18H24N4O2/c1-14-19-9-12-22(14)11-4-10-21(3)18(24)13-16-5-7-17(8-6-16)20-15(2)23/h5-9,12H,4,10-11,13H2,1-3H3,(H,20,23). The SMILES string of the molecule is CC(=O)Nc1ccc(CC(=O)N(C)CCCn2ccnc2C)cc1. The fraction of sp³-hybridized carbons (Fsp3) is 0.389. The molecule has 0 saturated carbocycles. The van der Waals surface area contributed by atoms with Crippen LogP contribution < -0.4 is 5.32 Å². The van der Waals surface area contributed by atoms with E-state index in [-0.39, 0.29) is 11.8 Å². The number of hydrogen-bond donors (Lipinski definition) is 1. The van der Waals surface area contributed by atoms with Crippen molar-refractivity contribution in [3.05, 3.63) is 48.0 Å². The Kier molecular flexibility index (Phi) is 6.12. The van der Waals surface area contributed by atoms with Crippen molar-refractivity contribution in [3.8, 4) is 0 Å². The second-order valence-corrected chi connectivity index (χ2v) is 5.89. The Bertz CT molecular complexity index is 691. The van der Waals surface area contributed by atoms with Gasteiger partial charge in [0.25, 0.3) is 0 Å². The van der Waals surface area contributed by atoms with Gasteiger partial charge < -0.3 is 14.8 Å². The lowest BCUT2D eigenvalue weighted by Gasteiger charge is -2.17. The van der Waals surface area contributed by atoms with Crippen LogP contribution in [0.3, 0.4) is 0 Å². The van der Waals surface area contributed by atoms with Crippen LogP contribution in [0.2, 0.25) is 0 Å². The lowest BCUT2D eigenvalue weighted by Crippen LogP contribution is -2.29. The fourth-order valence-corrected chi connectivity index (χ4v) is 2.46. The molecule has 128 valence electrons. The highest BCUT2D eigenvalue weighted by molar-refractivity contribution is 5.88. The molecule has 0 aliphatic rings. The fourth-order valence-electron chi connectivity index (χ4n) is 2.46. The first-order valence-corrected chi connectivity index (χ1v) is 8.04. The molecule has 0 saturated heterocycles. The smallest absolute Gasteiger partial charge is 0.226 e. The van der Waals surface area contributed by atoms with E-state index in [4.69, 9.17) is 0 Å². The van der Waals surface area contributed by atoms with Gasteiger partial charge in [-0.15, -0.1) is 0 Å². The van der Waals surface area contributed by atoms with Gasteiger partial charge in [-0.2, -0.15) is 0 Å². The van der Waals surface area contributed by atoms with Crippen molar-refractivity contribution >= 4 is 17.5 Å². The van der Waals surface area contributed by atoms with Crippen LogP contribution in [0.5, 0.6) is 0 Å². The van der Waals surface area contributed by atoms with Gasteiger partial charge in [0.2, 0.25) is 11.8 Å². The van der Waals surface area contributed by atoms with Gasteiger partial charge in [-0.25, -0.2) is 4.98 Å². The van der Waals surface area contributed by atoms with Gasteiger partial charge in [0.1, 0.15) is 5.82 Å². The van der Waals surface area contributed by atoms with E-state index < -0.39 is 0 Å². The summed E-state index contributed by atoms with van der Waals surface area (Å²) >= 11 is 0. The van der Waals surface area contributed by atoms with Gasteiger partial charge in [-0.05, 0) is 31.0 Å². The zero-order valence-electron chi connectivity index (χ0n) is 14.5.